The van der Waals surface area contributed by atoms with E-state index in [-0.39, 0.29) is 6.47 Å². The van der Waals surface area contributed by atoms with Crippen molar-refractivity contribution in [1.29, 1.82) is 0 Å². The van der Waals surface area contributed by atoms with Crippen molar-refractivity contribution in [3.8, 4) is 0 Å². The molecule has 0 unspecified atom stereocenters. The van der Waals surface area contributed by atoms with Crippen LogP contribution in [0.3, 0.4) is 0 Å². The van der Waals surface area contributed by atoms with Gasteiger partial charge < -0.3 is 0 Å². The Bertz CT molecular complexity index is 101. The zero-order valence-corrected chi connectivity index (χ0v) is 5.02. The van der Waals surface area contributed by atoms with Gasteiger partial charge in [0.25, 0.3) is 0 Å². The van der Waals surface area contributed by atoms with Crippen molar-refractivity contribution in [3.63, 3.8) is 0 Å². The van der Waals surface area contributed by atoms with Crippen molar-refractivity contribution in [1.82, 2.24) is 0 Å². The van der Waals surface area contributed by atoms with Gasteiger partial charge in [0.05, 0.1) is 0 Å². The molecule has 0 aromatic heterocycles. The van der Waals surface area contributed by atoms with Crippen LogP contribution >= 0.6 is 0 Å². The van der Waals surface area contributed by atoms with Crippen LogP contribution in [-0.4, -0.2) is 29.2 Å². The summed E-state index contributed by atoms with van der Waals surface area (Å²) in [5.41, 5.74) is 0. The van der Waals surface area contributed by atoms with Crippen LogP contribution in [0.1, 0.15) is 0 Å². The number of carbonyl (C=O) groups is 1. The van der Waals surface area contributed by atoms with E-state index in [4.69, 9.17) is 13.0 Å². The van der Waals surface area contributed by atoms with Gasteiger partial charge in [-0.3, -0.25) is 0 Å². The molecule has 0 heterocycles. The molecule has 0 saturated heterocycles. The van der Waals surface area contributed by atoms with Crippen LogP contribution in [0, 0.1) is 0 Å². The maximum absolute atomic E-state index is 9.53. The molecule has 0 rings (SSSR count). The quantitative estimate of drug-likeness (QED) is 0.370. The predicted molar refractivity (Wildman–Crippen MR) is 18.0 cm³/mol. The molecule has 0 fully saturated rings. The standard InChI is InChI=1S/CH3AsO5/c3-1-7-2(4,5)6/h1H,(H2,4,5,6). The molecule has 6 heteroatoms. The fraction of sp³-hybridized carbons (Fsp3) is 0. The third kappa shape index (κ3) is 5.75. The van der Waals surface area contributed by atoms with Crippen LogP contribution in [0.2, 0.25) is 0 Å². The van der Waals surface area contributed by atoms with Gasteiger partial charge in [-0.15, -0.1) is 0 Å². The number of rotatable bonds is 2. The Hall–Kier alpha value is -0.252. The molecule has 0 atom stereocenters. The number of carbonyl (C=O) groups excluding carboxylic acids is 1. The summed E-state index contributed by atoms with van der Waals surface area (Å²) < 4.78 is 28.3. The zero-order valence-electron chi connectivity index (χ0n) is 3.14. The molecule has 0 aliphatic heterocycles. The third-order valence-corrected chi connectivity index (χ3v) is 0.937. The average Bonchev–Trinajstić information content (AvgIpc) is 1.30. The molecule has 42 valence electrons. The first kappa shape index (κ1) is 6.75. The fourth-order valence-electron chi connectivity index (χ4n) is 0.0561. The molecule has 0 aliphatic carbocycles. The van der Waals surface area contributed by atoms with Gasteiger partial charge in [0.2, 0.25) is 0 Å². The second kappa shape index (κ2) is 2.16. The maximum atomic E-state index is 9.53. The van der Waals surface area contributed by atoms with Crippen LogP contribution in [0.25, 0.3) is 0 Å². The van der Waals surface area contributed by atoms with E-state index in [0.717, 1.165) is 0 Å². The van der Waals surface area contributed by atoms with Crippen LogP contribution < -0.4 is 0 Å². The van der Waals surface area contributed by atoms with Crippen molar-refractivity contribution in [2.24, 2.45) is 0 Å². The van der Waals surface area contributed by atoms with Gasteiger partial charge in [0, 0.05) is 0 Å². The molecule has 0 spiro atoms. The first-order valence-corrected chi connectivity index (χ1v) is 4.45. The molecular weight excluding hydrogens is 167 g/mol. The average molecular weight is 170 g/mol. The van der Waals surface area contributed by atoms with Crippen LogP contribution in [0.5, 0.6) is 0 Å². The Kier molecular flexibility index (Phi) is 2.08. The summed E-state index contributed by atoms with van der Waals surface area (Å²) in [6, 6.07) is 0. The van der Waals surface area contributed by atoms with Gasteiger partial charge in [-0.25, -0.2) is 0 Å². The van der Waals surface area contributed by atoms with Crippen molar-refractivity contribution in [2.45, 2.75) is 0 Å². The second-order valence-electron chi connectivity index (χ2n) is 0.692. The molecule has 0 aliphatic rings. The SMILES string of the molecule is O=CO[As](=O)(O)O. The van der Waals surface area contributed by atoms with E-state index in [1.54, 1.807) is 0 Å². The molecule has 5 nitrogen and oxygen atoms in total. The van der Waals surface area contributed by atoms with E-state index < -0.39 is 14.5 Å². The fourth-order valence-corrected chi connectivity index (χ4v) is 0.291. The minimum absolute atomic E-state index is 0.278. The van der Waals surface area contributed by atoms with Crippen molar-refractivity contribution in [3.05, 3.63) is 0 Å². The summed E-state index contributed by atoms with van der Waals surface area (Å²) in [4.78, 5) is 9.12. The molecule has 0 saturated carbocycles. The summed E-state index contributed by atoms with van der Waals surface area (Å²) in [6.07, 6.45) is 0. The van der Waals surface area contributed by atoms with Crippen molar-refractivity contribution >= 4 is 21.0 Å². The van der Waals surface area contributed by atoms with Gasteiger partial charge in [-0.05, 0) is 0 Å². The summed E-state index contributed by atoms with van der Waals surface area (Å²) in [6.45, 7) is -0.278. The van der Waals surface area contributed by atoms with Gasteiger partial charge in [0.1, 0.15) is 0 Å². The van der Waals surface area contributed by atoms with Crippen LogP contribution in [0.15, 0.2) is 0 Å². The van der Waals surface area contributed by atoms with Gasteiger partial charge >= 0.3 is 41.4 Å². The monoisotopic (exact) mass is 170 g/mol. The molecule has 7 heavy (non-hydrogen) atoms. The summed E-state index contributed by atoms with van der Waals surface area (Å²) in [7, 11) is 0. The number of hydrogen-bond donors (Lipinski definition) is 2. The molecule has 2 N–H and O–H groups in total. The molecule has 0 aromatic rings. The normalized spacial score (nSPS) is 10.6. The summed E-state index contributed by atoms with van der Waals surface area (Å²) >= 11 is -5.06. The topological polar surface area (TPSA) is 83.8 Å². The van der Waals surface area contributed by atoms with E-state index in [2.05, 4.69) is 3.73 Å². The zero-order chi connectivity index (χ0) is 5.91. The van der Waals surface area contributed by atoms with E-state index >= 15 is 0 Å². The Morgan fingerprint density at radius 2 is 2.00 bits per heavy atom. The van der Waals surface area contributed by atoms with Gasteiger partial charge in [-0.2, -0.15) is 0 Å². The molecule has 0 amide bonds. The predicted octanol–water partition coefficient (Wildman–Crippen LogP) is -1.99. The van der Waals surface area contributed by atoms with Crippen molar-refractivity contribution < 1.29 is 20.5 Å². The van der Waals surface area contributed by atoms with E-state index in [1.807, 2.05) is 0 Å². The van der Waals surface area contributed by atoms with Crippen LogP contribution in [0.4, 0.5) is 0 Å². The Morgan fingerprint density at radius 3 is 2.00 bits per heavy atom. The van der Waals surface area contributed by atoms with Gasteiger partial charge in [-0.1, -0.05) is 0 Å². The first-order chi connectivity index (χ1) is 3.06. The molecule has 0 aromatic carbocycles. The van der Waals surface area contributed by atoms with E-state index in [0.29, 0.717) is 0 Å². The molecule has 0 bridgehead atoms. The minimum atomic E-state index is -5.06. The third-order valence-electron chi connectivity index (χ3n) is 0.180. The molecule has 0 radical (unpaired) electrons. The summed E-state index contributed by atoms with van der Waals surface area (Å²) in [5, 5.41) is 0. The Balaban J connectivity index is 3.57. The van der Waals surface area contributed by atoms with Crippen LogP contribution in [-0.2, 0) is 12.3 Å². The first-order valence-electron chi connectivity index (χ1n) is 1.24. The van der Waals surface area contributed by atoms with E-state index in [1.165, 1.54) is 0 Å². The Labute approximate surface area is 42.3 Å². The van der Waals surface area contributed by atoms with E-state index in [9.17, 15) is 3.74 Å². The summed E-state index contributed by atoms with van der Waals surface area (Å²) in [5.74, 6) is 0. The van der Waals surface area contributed by atoms with Crippen molar-refractivity contribution in [2.75, 3.05) is 0 Å². The van der Waals surface area contributed by atoms with Gasteiger partial charge in [0.15, 0.2) is 0 Å². The molecular formula is CH3AsO5. The second-order valence-corrected chi connectivity index (χ2v) is 3.19. The Morgan fingerprint density at radius 1 is 1.57 bits per heavy atom. The number of hydrogen-bond acceptors (Lipinski definition) is 3.